The van der Waals surface area contributed by atoms with Gasteiger partial charge < -0.3 is 5.32 Å². The van der Waals surface area contributed by atoms with Gasteiger partial charge in [-0.15, -0.1) is 0 Å². The Labute approximate surface area is 178 Å². The maximum absolute atomic E-state index is 12.3. The van der Waals surface area contributed by atoms with Gasteiger partial charge in [0.05, 0.1) is 0 Å². The van der Waals surface area contributed by atoms with Gasteiger partial charge in [-0.3, -0.25) is 9.78 Å². The number of allylic oxidation sites excluding steroid dienone is 1. The molecular formula is C27H26N2O. The monoisotopic (exact) mass is 394 g/mol. The zero-order chi connectivity index (χ0) is 20.7. The molecule has 3 aromatic rings. The number of aromatic nitrogens is 1. The first-order chi connectivity index (χ1) is 14.8. The summed E-state index contributed by atoms with van der Waals surface area (Å²) in [4.78, 5) is 16.3. The zero-order valence-electron chi connectivity index (χ0n) is 16.9. The predicted octanol–water partition coefficient (Wildman–Crippen LogP) is 5.16. The zero-order valence-corrected chi connectivity index (χ0v) is 16.9. The highest BCUT2D eigenvalue weighted by Gasteiger charge is 2.54. The van der Waals surface area contributed by atoms with Crippen LogP contribution in [0.2, 0.25) is 0 Å². The first-order valence-electron chi connectivity index (χ1n) is 10.4. The summed E-state index contributed by atoms with van der Waals surface area (Å²) in [5, 5.41) is 2.97. The summed E-state index contributed by atoms with van der Waals surface area (Å²) in [6.45, 7) is 0.618. The molecule has 1 atom stereocenters. The molecule has 3 heteroatoms. The Kier molecular flexibility index (Phi) is 6.19. The quantitative estimate of drug-likeness (QED) is 0.423. The maximum atomic E-state index is 12.3. The van der Waals surface area contributed by atoms with Gasteiger partial charge in [0, 0.05) is 24.4 Å². The van der Waals surface area contributed by atoms with Crippen LogP contribution < -0.4 is 5.32 Å². The van der Waals surface area contributed by atoms with Crippen LogP contribution in [0.3, 0.4) is 0 Å². The van der Waals surface area contributed by atoms with E-state index in [4.69, 9.17) is 0 Å². The molecule has 1 saturated carbocycles. The number of hydrogen-bond acceptors (Lipinski definition) is 2. The van der Waals surface area contributed by atoms with Gasteiger partial charge in [0.2, 0.25) is 5.91 Å². The van der Waals surface area contributed by atoms with Crippen molar-refractivity contribution in [2.75, 3.05) is 6.54 Å². The first kappa shape index (κ1) is 19.8. The number of benzene rings is 2. The Morgan fingerprint density at radius 2 is 1.70 bits per heavy atom. The molecule has 0 bridgehead atoms. The molecule has 2 aromatic carbocycles. The van der Waals surface area contributed by atoms with Crippen LogP contribution in [-0.4, -0.2) is 17.4 Å². The number of amides is 1. The van der Waals surface area contributed by atoms with Gasteiger partial charge in [-0.1, -0.05) is 85.0 Å². The molecule has 3 nitrogen and oxygen atoms in total. The number of carbonyl (C=O) groups is 1. The van der Waals surface area contributed by atoms with Crippen molar-refractivity contribution in [3.05, 3.63) is 120 Å². The normalized spacial score (nSPS) is 17.3. The second kappa shape index (κ2) is 9.36. The molecule has 0 aliphatic heterocycles. The predicted molar refractivity (Wildman–Crippen MR) is 122 cm³/mol. The van der Waals surface area contributed by atoms with Crippen LogP contribution >= 0.6 is 0 Å². The maximum Gasteiger partial charge on any atom is 0.243 e. The minimum atomic E-state index is -0.0355. The summed E-state index contributed by atoms with van der Waals surface area (Å²) in [6.07, 6.45) is 13.2. The summed E-state index contributed by atoms with van der Waals surface area (Å²) in [5.41, 5.74) is 3.67. The van der Waals surface area contributed by atoms with E-state index in [0.717, 1.165) is 18.4 Å². The molecule has 1 aliphatic carbocycles. The topological polar surface area (TPSA) is 42.0 Å². The molecule has 1 aliphatic rings. The SMILES string of the molecule is O=C(/C=C/[C@@H]1CC1(c1ccccc1)c1ccccc1)NCC/C=C/c1cccnc1. The van der Waals surface area contributed by atoms with Crippen LogP contribution in [0.25, 0.3) is 6.08 Å². The van der Waals surface area contributed by atoms with E-state index in [9.17, 15) is 4.79 Å². The number of hydrogen-bond donors (Lipinski definition) is 1. The van der Waals surface area contributed by atoms with Crippen LogP contribution in [0.15, 0.2) is 103 Å². The summed E-state index contributed by atoms with van der Waals surface area (Å²) >= 11 is 0. The number of rotatable bonds is 8. The second-order valence-corrected chi connectivity index (χ2v) is 7.64. The Morgan fingerprint density at radius 1 is 1.00 bits per heavy atom. The highest BCUT2D eigenvalue weighted by atomic mass is 16.1. The van der Waals surface area contributed by atoms with Crippen molar-refractivity contribution in [2.45, 2.75) is 18.3 Å². The highest BCUT2D eigenvalue weighted by molar-refractivity contribution is 5.87. The van der Waals surface area contributed by atoms with Crippen molar-refractivity contribution in [1.29, 1.82) is 0 Å². The van der Waals surface area contributed by atoms with Crippen molar-refractivity contribution in [3.8, 4) is 0 Å². The summed E-state index contributed by atoms with van der Waals surface area (Å²) < 4.78 is 0. The number of nitrogens with zero attached hydrogens (tertiary/aromatic N) is 1. The lowest BCUT2D eigenvalue weighted by atomic mass is 9.85. The van der Waals surface area contributed by atoms with E-state index in [1.807, 2.05) is 36.5 Å². The molecule has 1 fully saturated rings. The third-order valence-corrected chi connectivity index (χ3v) is 5.68. The molecule has 150 valence electrons. The third kappa shape index (κ3) is 4.57. The fourth-order valence-electron chi connectivity index (χ4n) is 4.06. The molecule has 0 radical (unpaired) electrons. The molecule has 1 amide bonds. The molecule has 30 heavy (non-hydrogen) atoms. The smallest absolute Gasteiger partial charge is 0.243 e. The minimum absolute atomic E-state index is 0.0221. The second-order valence-electron chi connectivity index (χ2n) is 7.64. The van der Waals surface area contributed by atoms with Crippen molar-refractivity contribution < 1.29 is 4.79 Å². The van der Waals surface area contributed by atoms with Gasteiger partial charge in [-0.25, -0.2) is 0 Å². The average molecular weight is 395 g/mol. The number of nitrogens with one attached hydrogen (secondary N) is 1. The molecule has 1 N–H and O–H groups in total. The lowest BCUT2D eigenvalue weighted by Crippen LogP contribution is -2.21. The van der Waals surface area contributed by atoms with Crippen molar-refractivity contribution in [1.82, 2.24) is 10.3 Å². The molecule has 0 spiro atoms. The van der Waals surface area contributed by atoms with Gasteiger partial charge in [-0.05, 0) is 47.6 Å². The van der Waals surface area contributed by atoms with E-state index in [1.54, 1.807) is 12.3 Å². The number of carbonyl (C=O) groups excluding carboxylic acids is 1. The van der Waals surface area contributed by atoms with Crippen molar-refractivity contribution in [2.24, 2.45) is 5.92 Å². The van der Waals surface area contributed by atoms with Crippen LogP contribution in [0.5, 0.6) is 0 Å². The Bertz CT molecular complexity index is 971. The Hall–Kier alpha value is -3.46. The van der Waals surface area contributed by atoms with E-state index in [0.29, 0.717) is 12.5 Å². The van der Waals surface area contributed by atoms with E-state index in [2.05, 4.69) is 71.0 Å². The van der Waals surface area contributed by atoms with Crippen LogP contribution in [0.1, 0.15) is 29.5 Å². The average Bonchev–Trinajstić information content (AvgIpc) is 3.55. The fraction of sp³-hybridized carbons (Fsp3) is 0.185. The van der Waals surface area contributed by atoms with Crippen LogP contribution in [0, 0.1) is 5.92 Å². The van der Waals surface area contributed by atoms with Gasteiger partial charge in [0.1, 0.15) is 0 Å². The molecule has 0 unspecified atom stereocenters. The van der Waals surface area contributed by atoms with Crippen molar-refractivity contribution in [3.63, 3.8) is 0 Å². The van der Waals surface area contributed by atoms with Gasteiger partial charge in [0.25, 0.3) is 0 Å². The van der Waals surface area contributed by atoms with E-state index in [-0.39, 0.29) is 11.3 Å². The summed E-state index contributed by atoms with van der Waals surface area (Å²) in [7, 11) is 0. The van der Waals surface area contributed by atoms with Crippen LogP contribution in [-0.2, 0) is 10.2 Å². The van der Waals surface area contributed by atoms with E-state index in [1.165, 1.54) is 11.1 Å². The summed E-state index contributed by atoms with van der Waals surface area (Å²) in [6, 6.07) is 25.1. The summed E-state index contributed by atoms with van der Waals surface area (Å²) in [5.74, 6) is 0.297. The van der Waals surface area contributed by atoms with Gasteiger partial charge >= 0.3 is 0 Å². The van der Waals surface area contributed by atoms with E-state index < -0.39 is 0 Å². The molecule has 4 rings (SSSR count). The fourth-order valence-corrected chi connectivity index (χ4v) is 4.06. The molecule has 1 aromatic heterocycles. The van der Waals surface area contributed by atoms with Crippen molar-refractivity contribution >= 4 is 12.0 Å². The molecular weight excluding hydrogens is 368 g/mol. The lowest BCUT2D eigenvalue weighted by molar-refractivity contribution is -0.116. The molecule has 0 saturated heterocycles. The third-order valence-electron chi connectivity index (χ3n) is 5.68. The molecule has 1 heterocycles. The minimum Gasteiger partial charge on any atom is -0.352 e. The lowest BCUT2D eigenvalue weighted by Gasteiger charge is -2.18. The Morgan fingerprint density at radius 3 is 2.33 bits per heavy atom. The Balaban J connectivity index is 1.33. The largest absolute Gasteiger partial charge is 0.352 e. The number of pyridine rings is 1. The first-order valence-corrected chi connectivity index (χ1v) is 10.4. The van der Waals surface area contributed by atoms with Crippen LogP contribution in [0.4, 0.5) is 0 Å². The van der Waals surface area contributed by atoms with E-state index >= 15 is 0 Å². The standard InChI is InChI=1S/C27H26N2O/c30-26(29-19-8-7-10-22-11-9-18-28-21-22)17-16-25-20-27(25,23-12-3-1-4-13-23)24-14-5-2-6-15-24/h1-7,9-18,21,25H,8,19-20H2,(H,29,30)/b10-7+,17-16+/t25-/m1/s1. The van der Waals surface area contributed by atoms with Gasteiger partial charge in [-0.2, -0.15) is 0 Å². The highest BCUT2D eigenvalue weighted by Crippen LogP contribution is 2.59. The van der Waals surface area contributed by atoms with Gasteiger partial charge in [0.15, 0.2) is 0 Å².